The van der Waals surface area contributed by atoms with Crippen LogP contribution in [0.1, 0.15) is 11.7 Å². The fourth-order valence-electron chi connectivity index (χ4n) is 2.10. The van der Waals surface area contributed by atoms with Gasteiger partial charge in [-0.2, -0.15) is 0 Å². The number of imide groups is 1. The molecule has 1 aliphatic heterocycles. The van der Waals surface area contributed by atoms with Crippen LogP contribution in [-0.2, 0) is 9.53 Å². The van der Waals surface area contributed by atoms with E-state index in [0.29, 0.717) is 19.7 Å². The second-order valence-electron chi connectivity index (χ2n) is 4.42. The third-order valence-corrected chi connectivity index (χ3v) is 2.95. The smallest absolute Gasteiger partial charge is 0.318 e. The Labute approximate surface area is 111 Å². The summed E-state index contributed by atoms with van der Waals surface area (Å²) in [6.07, 6.45) is -0.0451. The van der Waals surface area contributed by atoms with Crippen LogP contribution in [0.4, 0.5) is 4.79 Å². The van der Waals surface area contributed by atoms with Crippen LogP contribution in [0.5, 0.6) is 0 Å². The molecule has 1 heterocycles. The highest BCUT2D eigenvalue weighted by molar-refractivity contribution is 5.94. The molecule has 0 spiro atoms. The summed E-state index contributed by atoms with van der Waals surface area (Å²) in [5.74, 6) is -0.388. The summed E-state index contributed by atoms with van der Waals surface area (Å²) >= 11 is 0. The Bertz CT molecular complexity index is 450. The van der Waals surface area contributed by atoms with Crippen molar-refractivity contribution >= 4 is 11.9 Å². The lowest BCUT2D eigenvalue weighted by atomic mass is 10.1. The Morgan fingerprint density at radius 1 is 1.37 bits per heavy atom. The molecule has 1 aromatic rings. The van der Waals surface area contributed by atoms with Crippen LogP contribution in [0.2, 0.25) is 0 Å². The molecule has 1 aromatic carbocycles. The number of hydrogen-bond donors (Lipinski definition) is 2. The Balaban J connectivity index is 1.90. The highest BCUT2D eigenvalue weighted by Crippen LogP contribution is 2.21. The number of benzene rings is 1. The molecule has 1 fully saturated rings. The van der Waals surface area contributed by atoms with Crippen LogP contribution >= 0.6 is 0 Å². The molecule has 0 saturated carbocycles. The number of primary amides is 1. The first-order valence-electron chi connectivity index (χ1n) is 6.13. The first-order chi connectivity index (χ1) is 9.15. The van der Waals surface area contributed by atoms with Gasteiger partial charge in [0.1, 0.15) is 0 Å². The molecular formula is C13H17N3O3. The summed E-state index contributed by atoms with van der Waals surface area (Å²) in [4.78, 5) is 24.0. The summed E-state index contributed by atoms with van der Waals surface area (Å²) in [7, 11) is 0. The van der Waals surface area contributed by atoms with E-state index in [1.54, 1.807) is 0 Å². The Morgan fingerprint density at radius 2 is 2.11 bits per heavy atom. The van der Waals surface area contributed by atoms with E-state index in [1.165, 1.54) is 0 Å². The Hall–Kier alpha value is -1.92. The molecule has 0 aromatic heterocycles. The fraction of sp³-hybridized carbons (Fsp3) is 0.385. The number of morpholine rings is 1. The Morgan fingerprint density at radius 3 is 2.79 bits per heavy atom. The number of carbonyl (C=O) groups is 2. The average molecular weight is 263 g/mol. The van der Waals surface area contributed by atoms with E-state index in [1.807, 2.05) is 35.2 Å². The molecule has 19 heavy (non-hydrogen) atoms. The van der Waals surface area contributed by atoms with Gasteiger partial charge >= 0.3 is 6.03 Å². The van der Waals surface area contributed by atoms with Gasteiger partial charge in [0.05, 0.1) is 19.3 Å². The van der Waals surface area contributed by atoms with E-state index in [4.69, 9.17) is 10.5 Å². The predicted molar refractivity (Wildman–Crippen MR) is 69.3 cm³/mol. The van der Waals surface area contributed by atoms with E-state index in [2.05, 4.69) is 5.32 Å². The molecule has 0 aliphatic carbocycles. The topological polar surface area (TPSA) is 84.7 Å². The number of nitrogens with one attached hydrogen (secondary N) is 1. The van der Waals surface area contributed by atoms with Crippen LogP contribution in [0, 0.1) is 0 Å². The summed E-state index contributed by atoms with van der Waals surface area (Å²) < 4.78 is 5.69. The lowest BCUT2D eigenvalue weighted by molar-refractivity contribution is -0.123. The standard InChI is InChI=1S/C13H17N3O3/c14-13(18)15-12(17)9-16-6-7-19-11(8-16)10-4-2-1-3-5-10/h1-5,11H,6-9H2,(H3,14,15,17,18). The molecule has 1 atom stereocenters. The van der Waals surface area contributed by atoms with Crippen molar-refractivity contribution in [2.24, 2.45) is 5.73 Å². The van der Waals surface area contributed by atoms with Crippen molar-refractivity contribution in [1.82, 2.24) is 10.2 Å². The van der Waals surface area contributed by atoms with Crippen molar-refractivity contribution in [3.63, 3.8) is 0 Å². The normalized spacial score (nSPS) is 19.9. The third kappa shape index (κ3) is 4.04. The van der Waals surface area contributed by atoms with Crippen LogP contribution in [0.3, 0.4) is 0 Å². The first-order valence-corrected chi connectivity index (χ1v) is 6.13. The van der Waals surface area contributed by atoms with E-state index in [9.17, 15) is 9.59 Å². The third-order valence-electron chi connectivity index (χ3n) is 2.95. The van der Waals surface area contributed by atoms with Gasteiger partial charge in [-0.05, 0) is 5.56 Å². The highest BCUT2D eigenvalue weighted by atomic mass is 16.5. The van der Waals surface area contributed by atoms with E-state index in [-0.39, 0.29) is 18.6 Å². The molecule has 2 rings (SSSR count). The van der Waals surface area contributed by atoms with Gasteiger partial charge in [0, 0.05) is 13.1 Å². The van der Waals surface area contributed by atoms with E-state index >= 15 is 0 Å². The summed E-state index contributed by atoms with van der Waals surface area (Å²) in [5.41, 5.74) is 5.99. The van der Waals surface area contributed by atoms with Crippen molar-refractivity contribution in [2.45, 2.75) is 6.10 Å². The molecule has 3 amide bonds. The van der Waals surface area contributed by atoms with Crippen molar-refractivity contribution in [1.29, 1.82) is 0 Å². The zero-order valence-corrected chi connectivity index (χ0v) is 10.5. The maximum absolute atomic E-state index is 11.5. The van der Waals surface area contributed by atoms with Gasteiger partial charge in [0.15, 0.2) is 0 Å². The minimum absolute atomic E-state index is 0.0451. The van der Waals surface area contributed by atoms with Crippen LogP contribution in [-0.4, -0.2) is 43.1 Å². The molecule has 6 nitrogen and oxygen atoms in total. The molecule has 6 heteroatoms. The average Bonchev–Trinajstić information content (AvgIpc) is 2.39. The molecular weight excluding hydrogens is 246 g/mol. The zero-order chi connectivity index (χ0) is 13.7. The zero-order valence-electron chi connectivity index (χ0n) is 10.5. The quantitative estimate of drug-likeness (QED) is 0.819. The van der Waals surface area contributed by atoms with Crippen LogP contribution in [0.25, 0.3) is 0 Å². The predicted octanol–water partition coefficient (Wildman–Crippen LogP) is 0.255. The van der Waals surface area contributed by atoms with Crippen molar-refractivity contribution in [2.75, 3.05) is 26.2 Å². The second kappa shape index (κ2) is 6.31. The van der Waals surface area contributed by atoms with Gasteiger partial charge in [0.2, 0.25) is 5.91 Å². The number of ether oxygens (including phenoxy) is 1. The molecule has 102 valence electrons. The number of urea groups is 1. The van der Waals surface area contributed by atoms with Gasteiger partial charge in [-0.3, -0.25) is 15.0 Å². The number of amides is 3. The lowest BCUT2D eigenvalue weighted by Crippen LogP contribution is -2.46. The molecule has 1 unspecified atom stereocenters. The van der Waals surface area contributed by atoms with Crippen molar-refractivity contribution in [3.05, 3.63) is 35.9 Å². The maximum Gasteiger partial charge on any atom is 0.318 e. The SMILES string of the molecule is NC(=O)NC(=O)CN1CCOC(c2ccccc2)C1. The molecule has 3 N–H and O–H groups in total. The number of hydrogen-bond acceptors (Lipinski definition) is 4. The highest BCUT2D eigenvalue weighted by Gasteiger charge is 2.23. The Kier molecular flexibility index (Phi) is 4.48. The lowest BCUT2D eigenvalue weighted by Gasteiger charge is -2.32. The van der Waals surface area contributed by atoms with Gasteiger partial charge in [-0.15, -0.1) is 0 Å². The fourth-order valence-corrected chi connectivity index (χ4v) is 2.10. The molecule has 0 bridgehead atoms. The molecule has 0 radical (unpaired) electrons. The monoisotopic (exact) mass is 263 g/mol. The van der Waals surface area contributed by atoms with E-state index in [0.717, 1.165) is 5.56 Å². The maximum atomic E-state index is 11.5. The summed E-state index contributed by atoms with van der Waals surface area (Å²) in [6, 6.07) is 9.03. The number of nitrogens with two attached hydrogens (primary N) is 1. The van der Waals surface area contributed by atoms with Gasteiger partial charge < -0.3 is 10.5 Å². The molecule has 1 aliphatic rings. The van der Waals surface area contributed by atoms with E-state index < -0.39 is 6.03 Å². The minimum atomic E-state index is -0.821. The molecule has 1 saturated heterocycles. The van der Waals surface area contributed by atoms with Gasteiger partial charge in [-0.25, -0.2) is 4.79 Å². The van der Waals surface area contributed by atoms with Gasteiger partial charge in [0.25, 0.3) is 0 Å². The second-order valence-corrected chi connectivity index (χ2v) is 4.42. The van der Waals surface area contributed by atoms with Gasteiger partial charge in [-0.1, -0.05) is 30.3 Å². The van der Waals surface area contributed by atoms with Crippen molar-refractivity contribution < 1.29 is 14.3 Å². The van der Waals surface area contributed by atoms with Crippen molar-refractivity contribution in [3.8, 4) is 0 Å². The number of rotatable bonds is 3. The largest absolute Gasteiger partial charge is 0.371 e. The van der Waals surface area contributed by atoms with Crippen LogP contribution < -0.4 is 11.1 Å². The van der Waals surface area contributed by atoms with Crippen LogP contribution in [0.15, 0.2) is 30.3 Å². The number of carbonyl (C=O) groups excluding carboxylic acids is 2. The first kappa shape index (κ1) is 13.5. The number of nitrogens with zero attached hydrogens (tertiary/aromatic N) is 1. The summed E-state index contributed by atoms with van der Waals surface area (Å²) in [5, 5.41) is 2.06. The minimum Gasteiger partial charge on any atom is -0.371 e. The summed E-state index contributed by atoms with van der Waals surface area (Å²) in [6.45, 7) is 1.99.